The van der Waals surface area contributed by atoms with Gasteiger partial charge in [0.15, 0.2) is 5.65 Å². The first-order valence-corrected chi connectivity index (χ1v) is 11.4. The van der Waals surface area contributed by atoms with Gasteiger partial charge in [-0.25, -0.2) is 9.50 Å². The quantitative estimate of drug-likeness (QED) is 0.685. The van der Waals surface area contributed by atoms with Crippen molar-refractivity contribution in [1.29, 1.82) is 0 Å². The summed E-state index contributed by atoms with van der Waals surface area (Å²) < 4.78 is 1.58. The number of nitrogens with one attached hydrogen (secondary N) is 1. The Morgan fingerprint density at radius 2 is 2.09 bits per heavy atom. The fraction of sp³-hybridized carbons (Fsp3) is 0.500. The van der Waals surface area contributed by atoms with Gasteiger partial charge in [-0.1, -0.05) is 26.8 Å². The molecule has 8 nitrogen and oxygen atoms in total. The first kappa shape index (κ1) is 20.9. The highest BCUT2D eigenvalue weighted by molar-refractivity contribution is 5.81. The molecule has 0 aromatic carbocycles. The zero-order chi connectivity index (χ0) is 22.5. The van der Waals surface area contributed by atoms with Crippen LogP contribution in [0.25, 0.3) is 5.65 Å². The van der Waals surface area contributed by atoms with Crippen LogP contribution >= 0.6 is 0 Å². The minimum Gasteiger partial charge on any atom is -0.336 e. The standard InChI is InChI=1S/C24H30N6O2/c1-24(2,3)23(32)29-12-9-17-19(15-29)26-21-13-18(27-30(21)22(17)31)20-8-6-11-28(20)14-16-7-4-5-10-25-16/h4-5,7,10,13,20,27H,6,8-9,11-12,14-15H2,1-3H3/t20-/m1/s1. The van der Waals surface area contributed by atoms with E-state index in [9.17, 15) is 9.59 Å². The number of amides is 1. The van der Waals surface area contributed by atoms with Crippen LogP contribution in [0, 0.1) is 5.41 Å². The number of rotatable bonds is 3. The number of hydrogen-bond acceptors (Lipinski definition) is 5. The second-order valence-corrected chi connectivity index (χ2v) is 9.92. The molecule has 32 heavy (non-hydrogen) atoms. The number of likely N-dealkylation sites (tertiary alicyclic amines) is 1. The summed E-state index contributed by atoms with van der Waals surface area (Å²) in [4.78, 5) is 39.4. The molecule has 1 N–H and O–H groups in total. The number of fused-ring (bicyclic) bond motifs is 2. The van der Waals surface area contributed by atoms with Crippen LogP contribution in [0.5, 0.6) is 0 Å². The minimum absolute atomic E-state index is 0.0478. The van der Waals surface area contributed by atoms with E-state index in [2.05, 4.69) is 15.0 Å². The highest BCUT2D eigenvalue weighted by atomic mass is 16.2. The number of nitrogens with zero attached hydrogens (tertiary/aromatic N) is 5. The van der Waals surface area contributed by atoms with E-state index in [4.69, 9.17) is 4.98 Å². The number of aromatic nitrogens is 4. The van der Waals surface area contributed by atoms with Crippen molar-refractivity contribution in [3.8, 4) is 0 Å². The van der Waals surface area contributed by atoms with E-state index in [1.807, 2.05) is 56.1 Å². The van der Waals surface area contributed by atoms with Crippen molar-refractivity contribution in [2.75, 3.05) is 13.1 Å². The van der Waals surface area contributed by atoms with E-state index in [-0.39, 0.29) is 17.5 Å². The maximum absolute atomic E-state index is 13.2. The predicted octanol–water partition coefficient (Wildman–Crippen LogP) is 2.69. The topological polar surface area (TPSA) is 86.6 Å². The van der Waals surface area contributed by atoms with Gasteiger partial charge >= 0.3 is 0 Å². The zero-order valence-electron chi connectivity index (χ0n) is 19.0. The molecule has 2 aliphatic rings. The molecule has 0 saturated carbocycles. The molecule has 0 bridgehead atoms. The van der Waals surface area contributed by atoms with E-state index in [0.29, 0.717) is 30.7 Å². The summed E-state index contributed by atoms with van der Waals surface area (Å²) in [6.07, 6.45) is 4.50. The lowest BCUT2D eigenvalue weighted by atomic mass is 9.93. The molecule has 8 heteroatoms. The van der Waals surface area contributed by atoms with Crippen molar-refractivity contribution in [3.05, 3.63) is 63.5 Å². The first-order valence-electron chi connectivity index (χ1n) is 11.4. The van der Waals surface area contributed by atoms with Crippen molar-refractivity contribution in [1.82, 2.24) is 29.4 Å². The molecule has 2 aliphatic heterocycles. The maximum Gasteiger partial charge on any atom is 0.276 e. The monoisotopic (exact) mass is 434 g/mol. The lowest BCUT2D eigenvalue weighted by Crippen LogP contribution is -2.44. The van der Waals surface area contributed by atoms with Gasteiger partial charge in [0, 0.05) is 36.3 Å². The van der Waals surface area contributed by atoms with Crippen molar-refractivity contribution < 1.29 is 4.79 Å². The SMILES string of the molecule is CC(C)(C)C(=O)N1CCc2c(nc3cc([C@H]4CCCN4Cc4ccccn4)[nH]n3c2=O)C1. The van der Waals surface area contributed by atoms with Gasteiger partial charge in [0.25, 0.3) is 5.56 Å². The van der Waals surface area contributed by atoms with E-state index < -0.39 is 5.41 Å². The van der Waals surface area contributed by atoms with Gasteiger partial charge in [0.05, 0.1) is 29.7 Å². The van der Waals surface area contributed by atoms with Crippen molar-refractivity contribution in [3.63, 3.8) is 0 Å². The molecule has 3 aromatic heterocycles. The second kappa shape index (κ2) is 7.85. The van der Waals surface area contributed by atoms with Crippen LogP contribution in [-0.2, 0) is 24.3 Å². The fourth-order valence-electron chi connectivity index (χ4n) is 4.90. The third-order valence-corrected chi connectivity index (χ3v) is 6.53. The minimum atomic E-state index is -0.447. The molecule has 1 atom stereocenters. The summed E-state index contributed by atoms with van der Waals surface area (Å²) in [7, 11) is 0. The number of aromatic amines is 1. The van der Waals surface area contributed by atoms with Crippen molar-refractivity contribution in [2.24, 2.45) is 5.41 Å². The van der Waals surface area contributed by atoms with E-state index in [1.165, 1.54) is 0 Å². The van der Waals surface area contributed by atoms with Crippen LogP contribution in [0.2, 0.25) is 0 Å². The maximum atomic E-state index is 13.2. The molecule has 0 aliphatic carbocycles. The molecule has 5 heterocycles. The van der Waals surface area contributed by atoms with Gasteiger partial charge in [-0.05, 0) is 37.9 Å². The molecule has 1 fully saturated rings. The van der Waals surface area contributed by atoms with Gasteiger partial charge in [0.2, 0.25) is 5.91 Å². The van der Waals surface area contributed by atoms with Crippen molar-refractivity contribution >= 4 is 11.6 Å². The molecule has 1 saturated heterocycles. The third-order valence-electron chi connectivity index (χ3n) is 6.53. The lowest BCUT2D eigenvalue weighted by molar-refractivity contribution is -0.140. The zero-order valence-corrected chi connectivity index (χ0v) is 19.0. The Morgan fingerprint density at radius 3 is 2.84 bits per heavy atom. The van der Waals surface area contributed by atoms with E-state index in [0.717, 1.165) is 43.0 Å². The van der Waals surface area contributed by atoms with Crippen LogP contribution in [0.1, 0.15) is 62.3 Å². The normalized spacial score (nSPS) is 19.5. The Labute approximate surface area is 187 Å². The average molecular weight is 435 g/mol. The molecule has 168 valence electrons. The largest absolute Gasteiger partial charge is 0.336 e. The van der Waals surface area contributed by atoms with Crippen LogP contribution in [-0.4, -0.2) is 48.4 Å². The number of hydrogen-bond donors (Lipinski definition) is 1. The molecule has 0 unspecified atom stereocenters. The number of carbonyl (C=O) groups excluding carboxylic acids is 1. The van der Waals surface area contributed by atoms with Gasteiger partial charge in [-0.3, -0.25) is 24.6 Å². The van der Waals surface area contributed by atoms with Crippen LogP contribution < -0.4 is 5.56 Å². The number of H-pyrrole nitrogens is 1. The summed E-state index contributed by atoms with van der Waals surface area (Å²) in [5, 5.41) is 3.33. The number of pyridine rings is 1. The van der Waals surface area contributed by atoms with Crippen LogP contribution in [0.3, 0.4) is 0 Å². The van der Waals surface area contributed by atoms with Gasteiger partial charge in [-0.15, -0.1) is 0 Å². The smallest absolute Gasteiger partial charge is 0.276 e. The fourth-order valence-corrected chi connectivity index (χ4v) is 4.90. The van der Waals surface area contributed by atoms with Crippen molar-refractivity contribution in [2.45, 2.75) is 59.2 Å². The molecular formula is C24H30N6O2. The Morgan fingerprint density at radius 1 is 1.25 bits per heavy atom. The van der Waals surface area contributed by atoms with Gasteiger partial charge in [0.1, 0.15) is 0 Å². The van der Waals surface area contributed by atoms with Gasteiger partial charge in [-0.2, -0.15) is 0 Å². The molecular weight excluding hydrogens is 404 g/mol. The van der Waals surface area contributed by atoms with Crippen LogP contribution in [0.4, 0.5) is 0 Å². The summed E-state index contributed by atoms with van der Waals surface area (Å²) in [5.41, 5.74) is 3.62. The number of carbonyl (C=O) groups is 1. The summed E-state index contributed by atoms with van der Waals surface area (Å²) in [5.74, 6) is 0.0935. The Bertz CT molecular complexity index is 1210. The molecule has 1 amide bonds. The Kier molecular flexibility index (Phi) is 5.12. The summed E-state index contributed by atoms with van der Waals surface area (Å²) >= 11 is 0. The summed E-state index contributed by atoms with van der Waals surface area (Å²) in [6, 6.07) is 8.18. The highest BCUT2D eigenvalue weighted by Gasteiger charge is 2.32. The summed E-state index contributed by atoms with van der Waals surface area (Å²) in [6.45, 7) is 8.50. The predicted molar refractivity (Wildman–Crippen MR) is 121 cm³/mol. The third kappa shape index (κ3) is 3.72. The first-order chi connectivity index (χ1) is 15.3. The lowest BCUT2D eigenvalue weighted by Gasteiger charge is -2.32. The molecule has 5 rings (SSSR count). The van der Waals surface area contributed by atoms with E-state index in [1.54, 1.807) is 4.52 Å². The van der Waals surface area contributed by atoms with Gasteiger partial charge < -0.3 is 4.90 Å². The average Bonchev–Trinajstić information content (AvgIpc) is 3.40. The van der Waals surface area contributed by atoms with Crippen LogP contribution in [0.15, 0.2) is 35.3 Å². The molecule has 3 aromatic rings. The molecule has 0 spiro atoms. The highest BCUT2D eigenvalue weighted by Crippen LogP contribution is 2.32. The Hall–Kier alpha value is -3.00. The molecule has 0 radical (unpaired) electrons. The Balaban J connectivity index is 1.44. The second-order valence-electron chi connectivity index (χ2n) is 9.92. The van der Waals surface area contributed by atoms with E-state index >= 15 is 0 Å².